The van der Waals surface area contributed by atoms with E-state index in [-0.39, 0.29) is 11.8 Å². The second-order valence-corrected chi connectivity index (χ2v) is 5.24. The minimum Gasteiger partial charge on any atom is -0.464 e. The molecule has 1 saturated heterocycles. The van der Waals surface area contributed by atoms with Gasteiger partial charge in [0, 0.05) is 0 Å². The molecule has 5 heteroatoms. The van der Waals surface area contributed by atoms with Crippen molar-refractivity contribution in [1.29, 1.82) is 0 Å². The van der Waals surface area contributed by atoms with Crippen molar-refractivity contribution in [2.45, 2.75) is 45.8 Å². The predicted molar refractivity (Wildman–Crippen MR) is 65.7 cm³/mol. The molecule has 0 bridgehead atoms. The lowest BCUT2D eigenvalue weighted by atomic mass is 9.97. The van der Waals surface area contributed by atoms with Gasteiger partial charge in [0.15, 0.2) is 0 Å². The molecule has 1 unspecified atom stereocenters. The molecule has 2 rings (SSSR count). The molecule has 1 atom stereocenters. The van der Waals surface area contributed by atoms with Gasteiger partial charge >= 0.3 is 0 Å². The van der Waals surface area contributed by atoms with E-state index >= 15 is 0 Å². The highest BCUT2D eigenvalue weighted by atomic mass is 16.3. The zero-order chi connectivity index (χ0) is 13.5. The van der Waals surface area contributed by atoms with Crippen LogP contribution in [0.4, 0.5) is 0 Å². The molecule has 0 saturated carbocycles. The van der Waals surface area contributed by atoms with E-state index in [2.05, 4.69) is 5.32 Å². The molecule has 1 aliphatic heterocycles. The number of carbonyl (C=O) groups excluding carboxylic acids is 2. The van der Waals surface area contributed by atoms with Crippen LogP contribution in [0, 0.1) is 6.92 Å². The number of carbonyl (C=O) groups is 2. The first kappa shape index (κ1) is 12.7. The van der Waals surface area contributed by atoms with E-state index in [0.29, 0.717) is 12.3 Å². The predicted octanol–water partition coefficient (Wildman–Crippen LogP) is 1.21. The van der Waals surface area contributed by atoms with Gasteiger partial charge in [-0.15, -0.1) is 0 Å². The van der Waals surface area contributed by atoms with Crippen LogP contribution in [0.2, 0.25) is 0 Å². The summed E-state index contributed by atoms with van der Waals surface area (Å²) in [5.74, 6) is 1.26. The van der Waals surface area contributed by atoms with Crippen LogP contribution < -0.4 is 5.32 Å². The highest BCUT2D eigenvalue weighted by Crippen LogP contribution is 2.21. The fourth-order valence-electron chi connectivity index (χ4n) is 2.09. The summed E-state index contributed by atoms with van der Waals surface area (Å²) in [5, 5.41) is 2.72. The van der Waals surface area contributed by atoms with Crippen LogP contribution in [0.1, 0.15) is 32.3 Å². The zero-order valence-corrected chi connectivity index (χ0v) is 11.1. The number of hydrogen-bond acceptors (Lipinski definition) is 3. The van der Waals surface area contributed by atoms with Gasteiger partial charge in [-0.1, -0.05) is 0 Å². The molecule has 2 amide bonds. The summed E-state index contributed by atoms with van der Waals surface area (Å²) in [5.41, 5.74) is -0.856. The highest BCUT2D eigenvalue weighted by molar-refractivity contribution is 5.98. The van der Waals surface area contributed by atoms with E-state index < -0.39 is 11.6 Å². The first-order valence-electron chi connectivity index (χ1n) is 5.99. The Morgan fingerprint density at radius 3 is 2.61 bits per heavy atom. The van der Waals surface area contributed by atoms with Crippen LogP contribution in [-0.4, -0.2) is 28.3 Å². The van der Waals surface area contributed by atoms with Crippen molar-refractivity contribution in [3.05, 3.63) is 23.7 Å². The van der Waals surface area contributed by atoms with Gasteiger partial charge in [0.2, 0.25) is 11.8 Å². The topological polar surface area (TPSA) is 62.6 Å². The molecule has 0 aromatic carbocycles. The summed E-state index contributed by atoms with van der Waals surface area (Å²) in [4.78, 5) is 25.7. The van der Waals surface area contributed by atoms with Crippen molar-refractivity contribution < 1.29 is 14.0 Å². The Hall–Kier alpha value is -1.78. The summed E-state index contributed by atoms with van der Waals surface area (Å²) in [6.07, 6.45) is 0. The number of aryl methyl sites for hydroxylation is 1. The summed E-state index contributed by atoms with van der Waals surface area (Å²) in [6.45, 7) is 7.31. The van der Waals surface area contributed by atoms with E-state index in [9.17, 15) is 9.59 Å². The van der Waals surface area contributed by atoms with Crippen molar-refractivity contribution in [2.75, 3.05) is 0 Å². The Kier molecular flexibility index (Phi) is 2.92. The quantitative estimate of drug-likeness (QED) is 0.858. The number of nitrogens with one attached hydrogen (secondary N) is 1. The minimum atomic E-state index is -0.856. The number of furan rings is 1. The summed E-state index contributed by atoms with van der Waals surface area (Å²) >= 11 is 0. The summed E-state index contributed by atoms with van der Waals surface area (Å²) in [7, 11) is 0. The van der Waals surface area contributed by atoms with E-state index in [0.717, 1.165) is 5.76 Å². The fourth-order valence-corrected chi connectivity index (χ4v) is 2.09. The maximum atomic E-state index is 12.3. The van der Waals surface area contributed by atoms with Crippen LogP contribution in [0.15, 0.2) is 16.5 Å². The van der Waals surface area contributed by atoms with Crippen LogP contribution in [0.5, 0.6) is 0 Å². The number of hydrogen-bond donors (Lipinski definition) is 1. The standard InChI is InChI=1S/C13H18N2O3/c1-8-5-6-10(18-8)7-15-9(2)11(16)14-13(3,4)12(15)17/h5-6,9H,7H2,1-4H3,(H,14,16). The van der Waals surface area contributed by atoms with Crippen molar-refractivity contribution in [2.24, 2.45) is 0 Å². The Balaban J connectivity index is 2.23. The summed E-state index contributed by atoms with van der Waals surface area (Å²) in [6, 6.07) is 3.20. The van der Waals surface area contributed by atoms with E-state index in [1.807, 2.05) is 19.1 Å². The van der Waals surface area contributed by atoms with Gasteiger partial charge in [0.05, 0.1) is 6.54 Å². The third-order valence-corrected chi connectivity index (χ3v) is 3.20. The zero-order valence-electron chi connectivity index (χ0n) is 11.1. The lowest BCUT2D eigenvalue weighted by Crippen LogP contribution is -2.66. The maximum absolute atomic E-state index is 12.3. The van der Waals surface area contributed by atoms with Gasteiger partial charge in [0.25, 0.3) is 0 Å². The van der Waals surface area contributed by atoms with E-state index in [1.165, 1.54) is 0 Å². The number of nitrogens with zero attached hydrogens (tertiary/aromatic N) is 1. The molecule has 0 spiro atoms. The Morgan fingerprint density at radius 1 is 1.39 bits per heavy atom. The molecule has 98 valence electrons. The van der Waals surface area contributed by atoms with Crippen molar-refractivity contribution in [3.63, 3.8) is 0 Å². The van der Waals surface area contributed by atoms with Crippen LogP contribution in [0.25, 0.3) is 0 Å². The SMILES string of the molecule is Cc1ccc(CN2C(=O)C(C)(C)NC(=O)C2C)o1. The van der Waals surface area contributed by atoms with Crippen LogP contribution in [0.3, 0.4) is 0 Å². The lowest BCUT2D eigenvalue weighted by molar-refractivity contribution is -0.153. The van der Waals surface area contributed by atoms with Crippen LogP contribution in [-0.2, 0) is 16.1 Å². The van der Waals surface area contributed by atoms with E-state index in [4.69, 9.17) is 4.42 Å². The lowest BCUT2D eigenvalue weighted by Gasteiger charge is -2.41. The molecule has 1 fully saturated rings. The van der Waals surface area contributed by atoms with Gasteiger partial charge in [-0.2, -0.15) is 0 Å². The summed E-state index contributed by atoms with van der Waals surface area (Å²) < 4.78 is 5.46. The third-order valence-electron chi connectivity index (χ3n) is 3.20. The molecule has 0 radical (unpaired) electrons. The normalized spacial score (nSPS) is 23.1. The molecular weight excluding hydrogens is 232 g/mol. The van der Waals surface area contributed by atoms with Gasteiger partial charge < -0.3 is 14.6 Å². The Labute approximate surface area is 106 Å². The maximum Gasteiger partial charge on any atom is 0.248 e. The first-order chi connectivity index (χ1) is 8.31. The largest absolute Gasteiger partial charge is 0.464 e. The van der Waals surface area contributed by atoms with Gasteiger partial charge in [0.1, 0.15) is 23.1 Å². The molecule has 0 aliphatic carbocycles. The molecule has 1 aliphatic rings. The molecule has 1 aromatic heterocycles. The molecule has 1 aromatic rings. The number of piperazine rings is 1. The first-order valence-corrected chi connectivity index (χ1v) is 5.99. The average molecular weight is 250 g/mol. The monoisotopic (exact) mass is 250 g/mol. The third kappa shape index (κ3) is 2.12. The molecule has 5 nitrogen and oxygen atoms in total. The number of rotatable bonds is 2. The second-order valence-electron chi connectivity index (χ2n) is 5.24. The van der Waals surface area contributed by atoms with E-state index in [1.54, 1.807) is 25.7 Å². The van der Waals surface area contributed by atoms with Crippen molar-refractivity contribution >= 4 is 11.8 Å². The second kappa shape index (κ2) is 4.15. The van der Waals surface area contributed by atoms with Gasteiger partial charge in [-0.3, -0.25) is 9.59 Å². The Bertz CT molecular complexity index is 490. The van der Waals surface area contributed by atoms with Crippen molar-refractivity contribution in [1.82, 2.24) is 10.2 Å². The molecule has 18 heavy (non-hydrogen) atoms. The minimum absolute atomic E-state index is 0.0938. The van der Waals surface area contributed by atoms with Gasteiger partial charge in [-0.05, 0) is 39.8 Å². The molecular formula is C13H18N2O3. The smallest absolute Gasteiger partial charge is 0.248 e. The molecule has 1 N–H and O–H groups in total. The van der Waals surface area contributed by atoms with Gasteiger partial charge in [-0.25, -0.2) is 0 Å². The molecule has 2 heterocycles. The van der Waals surface area contributed by atoms with Crippen LogP contribution >= 0.6 is 0 Å². The fraction of sp³-hybridized carbons (Fsp3) is 0.538. The highest BCUT2D eigenvalue weighted by Gasteiger charge is 2.43. The number of amides is 2. The Morgan fingerprint density at radius 2 is 2.06 bits per heavy atom. The van der Waals surface area contributed by atoms with Crippen molar-refractivity contribution in [3.8, 4) is 0 Å². The average Bonchev–Trinajstić information content (AvgIpc) is 2.67.